The van der Waals surface area contributed by atoms with E-state index in [-0.39, 0.29) is 0 Å². The SMILES string of the molecule is CCc1nc(-c2ccc(C(C)C)cc2)nc2c1CNCC2. The fraction of sp³-hybridized carbons (Fsp3) is 0.444. The molecule has 3 rings (SSSR count). The number of nitrogens with zero attached hydrogens (tertiary/aromatic N) is 2. The lowest BCUT2D eigenvalue weighted by Crippen LogP contribution is -2.26. The maximum atomic E-state index is 4.82. The zero-order chi connectivity index (χ0) is 14.8. The van der Waals surface area contributed by atoms with E-state index in [1.165, 1.54) is 22.5 Å². The van der Waals surface area contributed by atoms with Crippen LogP contribution in [0.25, 0.3) is 11.4 Å². The summed E-state index contributed by atoms with van der Waals surface area (Å²) in [5, 5.41) is 3.41. The molecule has 3 heteroatoms. The summed E-state index contributed by atoms with van der Waals surface area (Å²) in [5.74, 6) is 1.43. The summed E-state index contributed by atoms with van der Waals surface area (Å²) in [7, 11) is 0. The molecule has 1 aliphatic heterocycles. The fourth-order valence-corrected chi connectivity index (χ4v) is 2.85. The van der Waals surface area contributed by atoms with Gasteiger partial charge in [-0.25, -0.2) is 9.97 Å². The van der Waals surface area contributed by atoms with Crippen LogP contribution in [-0.2, 0) is 19.4 Å². The lowest BCUT2D eigenvalue weighted by atomic mass is 10.0. The van der Waals surface area contributed by atoms with Crippen molar-refractivity contribution in [1.82, 2.24) is 15.3 Å². The molecule has 0 spiro atoms. The van der Waals surface area contributed by atoms with E-state index in [0.717, 1.165) is 37.3 Å². The monoisotopic (exact) mass is 281 g/mol. The number of nitrogens with one attached hydrogen (secondary N) is 1. The fourth-order valence-electron chi connectivity index (χ4n) is 2.85. The van der Waals surface area contributed by atoms with Gasteiger partial charge in [0, 0.05) is 36.3 Å². The van der Waals surface area contributed by atoms with Crippen molar-refractivity contribution < 1.29 is 0 Å². The van der Waals surface area contributed by atoms with Gasteiger partial charge >= 0.3 is 0 Å². The van der Waals surface area contributed by atoms with Crippen LogP contribution in [0.3, 0.4) is 0 Å². The summed E-state index contributed by atoms with van der Waals surface area (Å²) in [4.78, 5) is 9.61. The van der Waals surface area contributed by atoms with Gasteiger partial charge in [-0.3, -0.25) is 0 Å². The Balaban J connectivity index is 2.02. The minimum Gasteiger partial charge on any atom is -0.312 e. The highest BCUT2D eigenvalue weighted by Gasteiger charge is 2.17. The second kappa shape index (κ2) is 5.94. The van der Waals surface area contributed by atoms with Crippen LogP contribution in [0.2, 0.25) is 0 Å². The molecule has 0 aliphatic carbocycles. The molecule has 0 atom stereocenters. The predicted octanol–water partition coefficient (Wildman–Crippen LogP) is 3.48. The molecule has 0 bridgehead atoms. The Kier molecular flexibility index (Phi) is 4.02. The van der Waals surface area contributed by atoms with Crippen molar-refractivity contribution in [3.63, 3.8) is 0 Å². The summed E-state index contributed by atoms with van der Waals surface area (Å²) in [6.45, 7) is 8.52. The molecule has 3 nitrogen and oxygen atoms in total. The van der Waals surface area contributed by atoms with Gasteiger partial charge in [0.1, 0.15) is 0 Å². The molecule has 21 heavy (non-hydrogen) atoms. The molecule has 1 aromatic heterocycles. The van der Waals surface area contributed by atoms with Crippen molar-refractivity contribution in [2.24, 2.45) is 0 Å². The first-order chi connectivity index (χ1) is 10.2. The standard InChI is InChI=1S/C18H23N3/c1-4-16-15-11-19-10-9-17(15)21-18(20-16)14-7-5-13(6-8-14)12(2)3/h5-8,12,19H,4,9-11H2,1-3H3. The molecule has 0 radical (unpaired) electrons. The Labute approximate surface area is 126 Å². The highest BCUT2D eigenvalue weighted by atomic mass is 14.9. The van der Waals surface area contributed by atoms with Crippen molar-refractivity contribution in [3.05, 3.63) is 46.8 Å². The van der Waals surface area contributed by atoms with Crippen molar-refractivity contribution >= 4 is 0 Å². The molecule has 110 valence electrons. The molecule has 1 aromatic carbocycles. The Bertz CT molecular complexity index is 612. The molecule has 0 saturated heterocycles. The van der Waals surface area contributed by atoms with Gasteiger partial charge in [0.25, 0.3) is 0 Å². The summed E-state index contributed by atoms with van der Waals surface area (Å²) in [6, 6.07) is 8.68. The smallest absolute Gasteiger partial charge is 0.159 e. The van der Waals surface area contributed by atoms with E-state index in [9.17, 15) is 0 Å². The van der Waals surface area contributed by atoms with Crippen LogP contribution in [0.5, 0.6) is 0 Å². The van der Waals surface area contributed by atoms with Crippen molar-refractivity contribution in [3.8, 4) is 11.4 Å². The van der Waals surface area contributed by atoms with Gasteiger partial charge in [0.15, 0.2) is 5.82 Å². The third kappa shape index (κ3) is 2.84. The molecule has 1 N–H and O–H groups in total. The van der Waals surface area contributed by atoms with Gasteiger partial charge in [0.2, 0.25) is 0 Å². The maximum Gasteiger partial charge on any atom is 0.159 e. The molecule has 0 fully saturated rings. The minimum absolute atomic E-state index is 0.556. The molecule has 0 unspecified atom stereocenters. The summed E-state index contributed by atoms with van der Waals surface area (Å²) >= 11 is 0. The Morgan fingerprint density at radius 1 is 1.14 bits per heavy atom. The zero-order valence-electron chi connectivity index (χ0n) is 13.1. The quantitative estimate of drug-likeness (QED) is 0.936. The van der Waals surface area contributed by atoms with Crippen LogP contribution < -0.4 is 5.32 Å². The number of aromatic nitrogens is 2. The van der Waals surface area contributed by atoms with Gasteiger partial charge in [-0.05, 0) is 17.9 Å². The Morgan fingerprint density at radius 3 is 2.57 bits per heavy atom. The van der Waals surface area contributed by atoms with Crippen LogP contribution in [0, 0.1) is 0 Å². The van der Waals surface area contributed by atoms with E-state index in [4.69, 9.17) is 9.97 Å². The molecule has 1 aliphatic rings. The van der Waals surface area contributed by atoms with E-state index in [1.807, 2.05) is 0 Å². The first kappa shape index (κ1) is 14.2. The molecule has 2 heterocycles. The highest BCUT2D eigenvalue weighted by Crippen LogP contribution is 2.24. The van der Waals surface area contributed by atoms with Crippen molar-refractivity contribution in [2.75, 3.05) is 6.54 Å². The normalized spacial score (nSPS) is 14.3. The second-order valence-corrected chi connectivity index (χ2v) is 5.98. The van der Waals surface area contributed by atoms with Gasteiger partial charge < -0.3 is 5.32 Å². The number of hydrogen-bond donors (Lipinski definition) is 1. The van der Waals surface area contributed by atoms with E-state index >= 15 is 0 Å². The summed E-state index contributed by atoms with van der Waals surface area (Å²) in [6.07, 6.45) is 1.96. The predicted molar refractivity (Wildman–Crippen MR) is 86.3 cm³/mol. The number of rotatable bonds is 3. The number of benzene rings is 1. The van der Waals surface area contributed by atoms with Gasteiger partial charge in [-0.15, -0.1) is 0 Å². The lowest BCUT2D eigenvalue weighted by molar-refractivity contribution is 0.618. The van der Waals surface area contributed by atoms with Crippen LogP contribution in [0.1, 0.15) is 49.2 Å². The zero-order valence-corrected chi connectivity index (χ0v) is 13.1. The van der Waals surface area contributed by atoms with Gasteiger partial charge in [-0.1, -0.05) is 45.0 Å². The third-order valence-corrected chi connectivity index (χ3v) is 4.19. The minimum atomic E-state index is 0.556. The molecule has 0 amide bonds. The van der Waals surface area contributed by atoms with Crippen LogP contribution in [-0.4, -0.2) is 16.5 Å². The average molecular weight is 281 g/mol. The molecule has 0 saturated carbocycles. The Hall–Kier alpha value is -1.74. The topological polar surface area (TPSA) is 37.8 Å². The number of hydrogen-bond acceptors (Lipinski definition) is 3. The van der Waals surface area contributed by atoms with Crippen LogP contribution in [0.4, 0.5) is 0 Å². The maximum absolute atomic E-state index is 4.82. The van der Waals surface area contributed by atoms with Crippen molar-refractivity contribution in [2.45, 2.75) is 46.1 Å². The number of aryl methyl sites for hydroxylation is 1. The summed E-state index contributed by atoms with van der Waals surface area (Å²) < 4.78 is 0. The van der Waals surface area contributed by atoms with E-state index in [2.05, 4.69) is 50.4 Å². The first-order valence-electron chi connectivity index (χ1n) is 7.88. The van der Waals surface area contributed by atoms with Gasteiger partial charge in [0.05, 0.1) is 5.69 Å². The largest absolute Gasteiger partial charge is 0.312 e. The van der Waals surface area contributed by atoms with E-state index < -0.39 is 0 Å². The number of fused-ring (bicyclic) bond motifs is 1. The highest BCUT2D eigenvalue weighted by molar-refractivity contribution is 5.56. The third-order valence-electron chi connectivity index (χ3n) is 4.19. The van der Waals surface area contributed by atoms with E-state index in [1.54, 1.807) is 0 Å². The average Bonchev–Trinajstić information content (AvgIpc) is 2.53. The Morgan fingerprint density at radius 2 is 1.90 bits per heavy atom. The lowest BCUT2D eigenvalue weighted by Gasteiger charge is -2.19. The van der Waals surface area contributed by atoms with Crippen LogP contribution in [0.15, 0.2) is 24.3 Å². The molecule has 2 aromatic rings. The molecular formula is C18H23N3. The molecular weight excluding hydrogens is 258 g/mol. The van der Waals surface area contributed by atoms with Gasteiger partial charge in [-0.2, -0.15) is 0 Å². The van der Waals surface area contributed by atoms with Crippen molar-refractivity contribution in [1.29, 1.82) is 0 Å². The van der Waals surface area contributed by atoms with E-state index in [0.29, 0.717) is 5.92 Å². The van der Waals surface area contributed by atoms with Crippen LogP contribution >= 0.6 is 0 Å². The first-order valence-corrected chi connectivity index (χ1v) is 7.88. The second-order valence-electron chi connectivity index (χ2n) is 5.98. The summed E-state index contributed by atoms with van der Waals surface area (Å²) in [5.41, 5.74) is 6.21.